The number of benzene rings is 1. The van der Waals surface area contributed by atoms with E-state index in [-0.39, 0.29) is 0 Å². The molecule has 6 nitrogen and oxygen atoms in total. The van der Waals surface area contributed by atoms with Crippen LogP contribution in [0.4, 0.5) is 0 Å². The third kappa shape index (κ3) is 4.77. The van der Waals surface area contributed by atoms with E-state index in [9.17, 15) is 19.5 Å². The summed E-state index contributed by atoms with van der Waals surface area (Å²) in [4.78, 5) is 34.4. The number of rotatable bonds is 5. The summed E-state index contributed by atoms with van der Waals surface area (Å²) < 4.78 is 11.7. The average molecular weight is 568 g/mol. The summed E-state index contributed by atoms with van der Waals surface area (Å²) in [7, 11) is 0. The number of halogens is 1. The van der Waals surface area contributed by atoms with Crippen LogP contribution in [0.2, 0.25) is 3.98 Å². The van der Waals surface area contributed by atoms with E-state index in [0.717, 1.165) is 15.6 Å². The van der Waals surface area contributed by atoms with Gasteiger partial charge in [0.05, 0.1) is 0 Å². The van der Waals surface area contributed by atoms with Gasteiger partial charge in [0, 0.05) is 0 Å². The molecule has 0 unspecified atom stereocenters. The van der Waals surface area contributed by atoms with Crippen LogP contribution in [0.15, 0.2) is 16.6 Å². The number of carboxylic acid groups (broad SMARTS) is 1. The van der Waals surface area contributed by atoms with Crippen LogP contribution in [-0.4, -0.2) is 45.1 Å². The Hall–Kier alpha value is -0.968. The van der Waals surface area contributed by atoms with Gasteiger partial charge in [-0.25, -0.2) is 0 Å². The summed E-state index contributed by atoms with van der Waals surface area (Å²) >= 11 is -1.52. The number of aliphatic carboxylic acids is 1. The van der Waals surface area contributed by atoms with Gasteiger partial charge in [-0.3, -0.25) is 0 Å². The second kappa shape index (κ2) is 7.53. The van der Waals surface area contributed by atoms with Crippen molar-refractivity contribution in [3.05, 3.63) is 27.7 Å². The molecule has 0 aliphatic rings. The normalized spacial score (nSPS) is 11.0. The van der Waals surface area contributed by atoms with E-state index in [0.29, 0.717) is 3.12 Å². The molecule has 0 heterocycles. The van der Waals surface area contributed by atoms with Gasteiger partial charge in [0.25, 0.3) is 0 Å². The first-order valence-corrected chi connectivity index (χ1v) is 15.1. The van der Waals surface area contributed by atoms with Gasteiger partial charge >= 0.3 is 143 Å². The van der Waals surface area contributed by atoms with Crippen molar-refractivity contribution >= 4 is 59.0 Å². The number of carboxylic acids is 1. The van der Waals surface area contributed by atoms with Crippen LogP contribution in [0, 0.1) is 13.8 Å². The SMILES string of the molecule is CC(=O)[O][Pb]([CH2]C(=O)O)([O]C(C)=O)[c]1c(C)cc(Br)cc1C. The summed E-state index contributed by atoms with van der Waals surface area (Å²) in [5.41, 5.74) is 1.47. The third-order valence-corrected chi connectivity index (χ3v) is 17.1. The summed E-state index contributed by atoms with van der Waals surface area (Å²) in [6.45, 7) is 5.92. The van der Waals surface area contributed by atoms with Crippen molar-refractivity contribution in [1.82, 2.24) is 0 Å². The van der Waals surface area contributed by atoms with E-state index in [2.05, 4.69) is 15.9 Å². The van der Waals surface area contributed by atoms with Gasteiger partial charge in [0.1, 0.15) is 0 Å². The zero-order valence-electron chi connectivity index (χ0n) is 12.7. The molecule has 1 N–H and O–H groups in total. The van der Waals surface area contributed by atoms with Gasteiger partial charge in [0.15, 0.2) is 0 Å². The second-order valence-corrected chi connectivity index (χ2v) is 16.6. The minimum absolute atomic E-state index is 0.463. The van der Waals surface area contributed by atoms with Crippen molar-refractivity contribution in [1.29, 1.82) is 0 Å². The van der Waals surface area contributed by atoms with E-state index in [4.69, 9.17) is 5.37 Å². The predicted octanol–water partition coefficient (Wildman–Crippen LogP) is 1.93. The van der Waals surface area contributed by atoms with E-state index in [1.807, 2.05) is 0 Å². The number of hydrogen-bond acceptors (Lipinski definition) is 5. The number of hydrogen-bond donors (Lipinski definition) is 1. The molecule has 120 valence electrons. The first kappa shape index (κ1) is 19.1. The molecule has 0 saturated carbocycles. The van der Waals surface area contributed by atoms with Crippen LogP contribution in [0.25, 0.3) is 0 Å². The molecule has 0 spiro atoms. The Bertz CT molecular complexity index is 564. The zero-order chi connectivity index (χ0) is 17.1. The van der Waals surface area contributed by atoms with Gasteiger partial charge in [-0.2, -0.15) is 0 Å². The number of aryl methyl sites for hydroxylation is 2. The molecule has 1 rings (SSSR count). The quantitative estimate of drug-likeness (QED) is 0.547. The maximum atomic E-state index is 11.5. The molecule has 22 heavy (non-hydrogen) atoms. The Morgan fingerprint density at radius 1 is 1.09 bits per heavy atom. The van der Waals surface area contributed by atoms with Gasteiger partial charge in [-0.05, 0) is 0 Å². The molecule has 0 aliphatic heterocycles. The van der Waals surface area contributed by atoms with E-state index in [1.54, 1.807) is 26.0 Å². The van der Waals surface area contributed by atoms with Crippen molar-refractivity contribution in [2.45, 2.75) is 31.7 Å². The fraction of sp³-hybridized carbons (Fsp3) is 0.357. The summed E-state index contributed by atoms with van der Waals surface area (Å²) in [5, 5.41) is 9.24. The van der Waals surface area contributed by atoms with Gasteiger partial charge in [-0.1, -0.05) is 0 Å². The van der Waals surface area contributed by atoms with Crippen molar-refractivity contribution < 1.29 is 24.9 Å². The molecule has 0 radical (unpaired) electrons. The van der Waals surface area contributed by atoms with Crippen LogP contribution in [0.1, 0.15) is 25.0 Å². The van der Waals surface area contributed by atoms with Crippen molar-refractivity contribution in [2.75, 3.05) is 0 Å². The van der Waals surface area contributed by atoms with Crippen LogP contribution >= 0.6 is 15.9 Å². The van der Waals surface area contributed by atoms with Gasteiger partial charge in [-0.15, -0.1) is 0 Å². The zero-order valence-corrected chi connectivity index (χ0v) is 18.2. The predicted molar refractivity (Wildman–Crippen MR) is 85.0 cm³/mol. The molecule has 0 aromatic heterocycles. The van der Waals surface area contributed by atoms with Gasteiger partial charge in [0.2, 0.25) is 0 Å². The molecule has 1 aromatic carbocycles. The second-order valence-electron chi connectivity index (χ2n) is 4.93. The van der Waals surface area contributed by atoms with E-state index >= 15 is 0 Å². The molecule has 0 bridgehead atoms. The molecule has 1 aromatic rings. The summed E-state index contributed by atoms with van der Waals surface area (Å²) in [5.74, 6) is -2.46. The molecule has 0 aliphatic carbocycles. The fourth-order valence-electron chi connectivity index (χ4n) is 2.46. The Balaban J connectivity index is 3.62. The number of carbonyl (C=O) groups excluding carboxylic acids is 2. The Kier molecular flexibility index (Phi) is 6.53. The van der Waals surface area contributed by atoms with Crippen molar-refractivity contribution in [3.63, 3.8) is 0 Å². The van der Waals surface area contributed by atoms with Crippen molar-refractivity contribution in [3.8, 4) is 0 Å². The topological polar surface area (TPSA) is 89.9 Å². The Labute approximate surface area is 142 Å². The average Bonchev–Trinajstić information content (AvgIpc) is 2.22. The first-order valence-electron chi connectivity index (χ1n) is 6.45. The molecule has 0 fully saturated rings. The number of carbonyl (C=O) groups is 3. The van der Waals surface area contributed by atoms with Crippen LogP contribution in [0.3, 0.4) is 0 Å². The molecular formula is C14H17BrO6Pb. The standard InChI is InChI=1S/C8H8Br.2C2H4O2.C2H3O2.Pb/c1-6-3-7(2)5-8(9)4-6;3*1-2(3)4;/h4-5H,1-2H3;2*1H3,(H,3,4);1H2,(H,3,4);/q;;;;+2/p-2. The minimum atomic E-state index is -4.88. The monoisotopic (exact) mass is 568 g/mol. The van der Waals surface area contributed by atoms with Crippen LogP contribution in [-0.2, 0) is 19.8 Å². The molecule has 0 atom stereocenters. The third-order valence-electron chi connectivity index (χ3n) is 2.88. The molecular weight excluding hydrogens is 551 g/mol. The van der Waals surface area contributed by atoms with E-state index in [1.165, 1.54) is 13.8 Å². The van der Waals surface area contributed by atoms with E-state index < -0.39 is 44.0 Å². The van der Waals surface area contributed by atoms with Crippen LogP contribution < -0.4 is 3.12 Å². The van der Waals surface area contributed by atoms with Gasteiger partial charge < -0.3 is 0 Å². The molecule has 8 heteroatoms. The summed E-state index contributed by atoms with van der Waals surface area (Å²) in [6, 6.07) is 3.57. The Morgan fingerprint density at radius 2 is 1.50 bits per heavy atom. The van der Waals surface area contributed by atoms with Crippen LogP contribution in [0.5, 0.6) is 0 Å². The first-order chi connectivity index (χ1) is 10.1. The fourth-order valence-corrected chi connectivity index (χ4v) is 15.7. The maximum absolute atomic E-state index is 11.5. The summed E-state index contributed by atoms with van der Waals surface area (Å²) in [6.07, 6.45) is 0. The molecule has 0 saturated heterocycles. The Morgan fingerprint density at radius 3 is 1.82 bits per heavy atom. The van der Waals surface area contributed by atoms with Crippen molar-refractivity contribution in [2.24, 2.45) is 0 Å². The molecule has 0 amide bonds.